The van der Waals surface area contributed by atoms with Crippen molar-refractivity contribution >= 4 is 5.97 Å². The lowest BCUT2D eigenvalue weighted by Crippen LogP contribution is -2.23. The summed E-state index contributed by atoms with van der Waals surface area (Å²) >= 11 is 0. The van der Waals surface area contributed by atoms with Gasteiger partial charge in [-0.15, -0.1) is 0 Å². The molecule has 3 nitrogen and oxygen atoms in total. The van der Waals surface area contributed by atoms with Crippen LogP contribution >= 0.6 is 0 Å². The second-order valence-electron chi connectivity index (χ2n) is 2.79. The van der Waals surface area contributed by atoms with E-state index in [2.05, 4.69) is 4.74 Å². The molecule has 9 heavy (non-hydrogen) atoms. The van der Waals surface area contributed by atoms with E-state index in [1.54, 1.807) is 20.8 Å². The van der Waals surface area contributed by atoms with Gasteiger partial charge in [-0.2, -0.15) is 0 Å². The number of nitrogens with two attached hydrogens (primary N) is 1. The Balaban J connectivity index is 3.74. The predicted octanol–water partition coefficient (Wildman–Crippen LogP) is 0.654. The summed E-state index contributed by atoms with van der Waals surface area (Å²) in [4.78, 5) is 10.7. The molecule has 0 rings (SSSR count). The van der Waals surface area contributed by atoms with Gasteiger partial charge in [-0.1, -0.05) is 0 Å². The van der Waals surface area contributed by atoms with Crippen molar-refractivity contribution in [3.8, 4) is 0 Å². The molecule has 0 aliphatic carbocycles. The number of hydrogen-bond donors (Lipinski definition) is 1. The maximum absolute atomic E-state index is 10.7. The molecule has 0 heterocycles. The molecule has 53 valence electrons. The Hall–Kier alpha value is -0.570. The zero-order valence-corrected chi connectivity index (χ0v) is 5.97. The molecule has 0 amide bonds. The van der Waals surface area contributed by atoms with Gasteiger partial charge in [-0.3, -0.25) is 10.5 Å². The Morgan fingerprint density at radius 1 is 1.56 bits per heavy atom. The van der Waals surface area contributed by atoms with Crippen LogP contribution in [-0.2, 0) is 9.53 Å². The van der Waals surface area contributed by atoms with Crippen molar-refractivity contribution in [3.05, 3.63) is 6.73 Å². The van der Waals surface area contributed by atoms with E-state index >= 15 is 0 Å². The summed E-state index contributed by atoms with van der Waals surface area (Å²) in [6, 6.07) is 0. The van der Waals surface area contributed by atoms with Crippen molar-refractivity contribution in [2.45, 2.75) is 20.8 Å². The largest absolute Gasteiger partial charge is 0.441 e. The normalized spacial score (nSPS) is 11.1. The minimum absolute atomic E-state index is 0.315. The number of carbonyl (C=O) groups excluding carboxylic acids is 1. The monoisotopic (exact) mass is 130 g/mol. The van der Waals surface area contributed by atoms with E-state index in [0.717, 1.165) is 6.73 Å². The van der Waals surface area contributed by atoms with Crippen molar-refractivity contribution in [1.82, 2.24) is 0 Å². The van der Waals surface area contributed by atoms with E-state index in [-0.39, 0.29) is 5.97 Å². The highest BCUT2D eigenvalue weighted by Gasteiger charge is 2.22. The minimum atomic E-state index is -0.462. The molecule has 0 saturated carbocycles. The van der Waals surface area contributed by atoms with Crippen LogP contribution in [-0.4, -0.2) is 5.97 Å². The van der Waals surface area contributed by atoms with Crippen LogP contribution in [0.3, 0.4) is 0 Å². The number of ether oxygens (including phenoxy) is 1. The van der Waals surface area contributed by atoms with E-state index in [9.17, 15) is 4.79 Å². The fraction of sp³-hybridized carbons (Fsp3) is 0.667. The molecule has 0 fully saturated rings. The first-order valence-corrected chi connectivity index (χ1v) is 2.73. The highest BCUT2D eigenvalue weighted by atomic mass is 16.5. The third kappa shape index (κ3) is 3.08. The first-order valence-electron chi connectivity index (χ1n) is 2.73. The molecule has 0 saturated heterocycles. The van der Waals surface area contributed by atoms with Gasteiger partial charge in [-0.05, 0) is 20.8 Å². The number of hydrogen-bond acceptors (Lipinski definition) is 3. The van der Waals surface area contributed by atoms with Gasteiger partial charge in [0.05, 0.1) is 5.41 Å². The fourth-order valence-corrected chi connectivity index (χ4v) is 0.239. The second-order valence-corrected chi connectivity index (χ2v) is 2.79. The molecular formula is C6H12NO2. The van der Waals surface area contributed by atoms with Crippen LogP contribution in [0.15, 0.2) is 0 Å². The van der Waals surface area contributed by atoms with E-state index in [4.69, 9.17) is 5.73 Å². The summed E-state index contributed by atoms with van der Waals surface area (Å²) in [5.74, 6) is -0.315. The number of rotatable bonds is 1. The molecule has 3 heteroatoms. The Kier molecular flexibility index (Phi) is 2.65. The minimum Gasteiger partial charge on any atom is -0.441 e. The summed E-state index contributed by atoms with van der Waals surface area (Å²) in [5, 5.41) is 0. The van der Waals surface area contributed by atoms with Gasteiger partial charge < -0.3 is 4.74 Å². The van der Waals surface area contributed by atoms with Crippen LogP contribution in [0, 0.1) is 12.1 Å². The van der Waals surface area contributed by atoms with Crippen LogP contribution < -0.4 is 5.73 Å². The third-order valence-corrected chi connectivity index (χ3v) is 0.787. The van der Waals surface area contributed by atoms with Crippen LogP contribution in [0.5, 0.6) is 0 Å². The first kappa shape index (κ1) is 8.43. The van der Waals surface area contributed by atoms with E-state index < -0.39 is 5.41 Å². The SMILES string of the molecule is CC(C)(C)C(=O)O[CH]N. The molecule has 0 aromatic rings. The summed E-state index contributed by atoms with van der Waals surface area (Å²) in [5.41, 5.74) is 4.40. The molecule has 2 N–H and O–H groups in total. The zero-order chi connectivity index (χ0) is 7.49. The molecule has 0 aromatic carbocycles. The van der Waals surface area contributed by atoms with Gasteiger partial charge in [0.15, 0.2) is 0 Å². The highest BCUT2D eigenvalue weighted by molar-refractivity contribution is 5.75. The van der Waals surface area contributed by atoms with Gasteiger partial charge in [-0.25, -0.2) is 0 Å². The average Bonchev–Trinajstić information content (AvgIpc) is 1.64. The summed E-state index contributed by atoms with van der Waals surface area (Å²) in [6.45, 7) is 6.18. The molecule has 1 radical (unpaired) electrons. The van der Waals surface area contributed by atoms with Crippen LogP contribution in [0.1, 0.15) is 20.8 Å². The molecule has 0 aliphatic rings. The van der Waals surface area contributed by atoms with Crippen molar-refractivity contribution in [1.29, 1.82) is 0 Å². The third-order valence-electron chi connectivity index (χ3n) is 0.787. The quantitative estimate of drug-likeness (QED) is 0.530. The van der Waals surface area contributed by atoms with Crippen molar-refractivity contribution in [2.24, 2.45) is 11.1 Å². The Labute approximate surface area is 55.2 Å². The maximum Gasteiger partial charge on any atom is 0.312 e. The van der Waals surface area contributed by atoms with Gasteiger partial charge >= 0.3 is 5.97 Å². The standard InChI is InChI=1S/C6H12NO2/c1-6(2,3)5(8)9-4-7/h4H,7H2,1-3H3. The molecule has 0 atom stereocenters. The number of carbonyl (C=O) groups is 1. The lowest BCUT2D eigenvalue weighted by atomic mass is 9.98. The number of esters is 1. The molecule has 0 spiro atoms. The van der Waals surface area contributed by atoms with Gasteiger partial charge in [0.2, 0.25) is 6.73 Å². The summed E-state index contributed by atoms with van der Waals surface area (Å²) in [7, 11) is 0. The first-order chi connectivity index (χ1) is 3.98. The predicted molar refractivity (Wildman–Crippen MR) is 34.0 cm³/mol. The van der Waals surface area contributed by atoms with Gasteiger partial charge in [0.1, 0.15) is 0 Å². The van der Waals surface area contributed by atoms with Crippen molar-refractivity contribution < 1.29 is 9.53 Å². The maximum atomic E-state index is 10.7. The molecule has 0 aromatic heterocycles. The zero-order valence-electron chi connectivity index (χ0n) is 5.97. The smallest absolute Gasteiger partial charge is 0.312 e. The molecule has 0 bridgehead atoms. The Morgan fingerprint density at radius 3 is 2.11 bits per heavy atom. The topological polar surface area (TPSA) is 52.3 Å². The van der Waals surface area contributed by atoms with Crippen LogP contribution in [0.2, 0.25) is 0 Å². The highest BCUT2D eigenvalue weighted by Crippen LogP contribution is 2.14. The van der Waals surface area contributed by atoms with E-state index in [1.807, 2.05) is 0 Å². The van der Waals surface area contributed by atoms with Crippen molar-refractivity contribution in [2.75, 3.05) is 0 Å². The Bertz CT molecular complexity index is 104. The lowest BCUT2D eigenvalue weighted by Gasteiger charge is -2.14. The molecule has 0 unspecified atom stereocenters. The Morgan fingerprint density at radius 2 is 2.00 bits per heavy atom. The lowest BCUT2D eigenvalue weighted by molar-refractivity contribution is -0.149. The van der Waals surface area contributed by atoms with Gasteiger partial charge in [0.25, 0.3) is 0 Å². The van der Waals surface area contributed by atoms with Crippen LogP contribution in [0.4, 0.5) is 0 Å². The molecule has 0 aliphatic heterocycles. The average molecular weight is 130 g/mol. The summed E-state index contributed by atoms with van der Waals surface area (Å²) < 4.78 is 4.42. The van der Waals surface area contributed by atoms with Gasteiger partial charge in [0, 0.05) is 0 Å². The fourth-order valence-electron chi connectivity index (χ4n) is 0.239. The van der Waals surface area contributed by atoms with Crippen molar-refractivity contribution in [3.63, 3.8) is 0 Å². The van der Waals surface area contributed by atoms with Crippen LogP contribution in [0.25, 0.3) is 0 Å². The van der Waals surface area contributed by atoms with E-state index in [0.29, 0.717) is 0 Å². The molecular weight excluding hydrogens is 118 g/mol. The second kappa shape index (κ2) is 2.82. The summed E-state index contributed by atoms with van der Waals surface area (Å²) in [6.07, 6.45) is 0. The van der Waals surface area contributed by atoms with E-state index in [1.165, 1.54) is 0 Å².